The molecule has 0 aromatic heterocycles. The van der Waals surface area contributed by atoms with Crippen LogP contribution in [0.25, 0.3) is 0 Å². The maximum Gasteiger partial charge on any atom is 0.328 e. The zero-order chi connectivity index (χ0) is 14.0. The van der Waals surface area contributed by atoms with Crippen LogP contribution in [0.4, 0.5) is 19.3 Å². The third-order valence-corrected chi connectivity index (χ3v) is 3.19. The largest absolute Gasteiger partial charge is 0.337 e. The number of rotatable bonds is 2. The average Bonchev–Trinajstić information content (AvgIpc) is 2.50. The minimum atomic E-state index is -0.932. The zero-order valence-electron chi connectivity index (χ0n) is 10.5. The highest BCUT2D eigenvalue weighted by Gasteiger charge is 2.31. The molecule has 1 fully saturated rings. The summed E-state index contributed by atoms with van der Waals surface area (Å²) in [5, 5.41) is 2.57. The first-order valence-corrected chi connectivity index (χ1v) is 6.08. The molecule has 4 nitrogen and oxygen atoms in total. The van der Waals surface area contributed by atoms with E-state index in [1.165, 1.54) is 0 Å². The van der Waals surface area contributed by atoms with Gasteiger partial charge in [-0.3, -0.25) is 4.79 Å². The predicted octanol–water partition coefficient (Wildman–Crippen LogP) is 2.44. The molecular weight excluding hydrogens is 254 g/mol. The number of hydrogen-bond acceptors (Lipinski definition) is 2. The molecular formula is C13H14F2N2O2. The van der Waals surface area contributed by atoms with E-state index in [-0.39, 0.29) is 18.0 Å². The van der Waals surface area contributed by atoms with Gasteiger partial charge in [-0.1, -0.05) is 13.3 Å². The zero-order valence-corrected chi connectivity index (χ0v) is 10.5. The minimum absolute atomic E-state index is 0.0324. The van der Waals surface area contributed by atoms with Crippen LogP contribution in [0.3, 0.4) is 0 Å². The summed E-state index contributed by atoms with van der Waals surface area (Å²) in [5.41, 5.74) is -0.222. The molecule has 1 saturated heterocycles. The molecule has 1 heterocycles. The van der Waals surface area contributed by atoms with Crippen LogP contribution in [0.15, 0.2) is 18.2 Å². The molecule has 0 radical (unpaired) electrons. The van der Waals surface area contributed by atoms with E-state index in [0.717, 1.165) is 23.5 Å². The van der Waals surface area contributed by atoms with Crippen LogP contribution in [0, 0.1) is 17.6 Å². The Balaban J connectivity index is 2.36. The summed E-state index contributed by atoms with van der Waals surface area (Å²) < 4.78 is 26.5. The minimum Gasteiger partial charge on any atom is -0.337 e. The van der Waals surface area contributed by atoms with Gasteiger partial charge in [0.15, 0.2) is 0 Å². The molecule has 0 bridgehead atoms. The van der Waals surface area contributed by atoms with E-state index >= 15 is 0 Å². The molecule has 1 aliphatic heterocycles. The molecule has 0 saturated carbocycles. The monoisotopic (exact) mass is 268 g/mol. The number of halogens is 2. The number of imide groups is 1. The van der Waals surface area contributed by atoms with Crippen molar-refractivity contribution in [1.29, 1.82) is 0 Å². The van der Waals surface area contributed by atoms with Crippen molar-refractivity contribution in [3.05, 3.63) is 29.8 Å². The van der Waals surface area contributed by atoms with Gasteiger partial charge in [0.05, 0.1) is 5.69 Å². The first-order valence-electron chi connectivity index (χ1n) is 6.08. The van der Waals surface area contributed by atoms with Gasteiger partial charge in [0.1, 0.15) is 11.6 Å². The fourth-order valence-corrected chi connectivity index (χ4v) is 2.03. The molecule has 1 aromatic rings. The molecule has 6 heteroatoms. The van der Waals surface area contributed by atoms with Gasteiger partial charge in [-0.15, -0.1) is 0 Å². The first kappa shape index (κ1) is 13.5. The Morgan fingerprint density at radius 2 is 2.11 bits per heavy atom. The van der Waals surface area contributed by atoms with Crippen LogP contribution < -0.4 is 10.2 Å². The number of nitrogens with zero attached hydrogens (tertiary/aromatic N) is 1. The SMILES string of the molecule is CCC1CNC(=O)N(c2ccc(F)cc2F)C(=O)C1. The Morgan fingerprint density at radius 3 is 2.74 bits per heavy atom. The third kappa shape index (κ3) is 2.72. The third-order valence-electron chi connectivity index (χ3n) is 3.19. The van der Waals surface area contributed by atoms with Crippen LogP contribution in [0.2, 0.25) is 0 Å². The van der Waals surface area contributed by atoms with Crippen LogP contribution >= 0.6 is 0 Å². The molecule has 1 aliphatic rings. The van der Waals surface area contributed by atoms with E-state index in [2.05, 4.69) is 5.32 Å². The van der Waals surface area contributed by atoms with E-state index in [4.69, 9.17) is 0 Å². The molecule has 102 valence electrons. The Labute approximate surface area is 109 Å². The quantitative estimate of drug-likeness (QED) is 0.895. The Bertz CT molecular complexity index is 519. The lowest BCUT2D eigenvalue weighted by molar-refractivity contribution is -0.118. The fraction of sp³-hybridized carbons (Fsp3) is 0.385. The van der Waals surface area contributed by atoms with Gasteiger partial charge in [0.2, 0.25) is 5.91 Å². The van der Waals surface area contributed by atoms with Crippen molar-refractivity contribution in [2.45, 2.75) is 19.8 Å². The summed E-state index contributed by atoms with van der Waals surface area (Å²) in [6.45, 7) is 2.29. The van der Waals surface area contributed by atoms with Crippen molar-refractivity contribution >= 4 is 17.6 Å². The summed E-state index contributed by atoms with van der Waals surface area (Å²) in [7, 11) is 0. The van der Waals surface area contributed by atoms with Crippen molar-refractivity contribution in [3.63, 3.8) is 0 Å². The molecule has 1 N–H and O–H groups in total. The number of urea groups is 1. The van der Waals surface area contributed by atoms with E-state index in [1.807, 2.05) is 6.92 Å². The second-order valence-electron chi connectivity index (χ2n) is 4.49. The van der Waals surface area contributed by atoms with Crippen LogP contribution in [-0.4, -0.2) is 18.5 Å². The van der Waals surface area contributed by atoms with Crippen molar-refractivity contribution in [3.8, 4) is 0 Å². The molecule has 1 atom stereocenters. The molecule has 0 spiro atoms. The van der Waals surface area contributed by atoms with Crippen LogP contribution in [0.1, 0.15) is 19.8 Å². The summed E-state index contributed by atoms with van der Waals surface area (Å²) in [6.07, 6.45) is 0.901. The number of carbonyl (C=O) groups excluding carboxylic acids is 2. The summed E-state index contributed by atoms with van der Waals surface area (Å²) in [4.78, 5) is 24.6. The molecule has 0 aliphatic carbocycles. The lowest BCUT2D eigenvalue weighted by Crippen LogP contribution is -2.42. The van der Waals surface area contributed by atoms with Crippen molar-refractivity contribution in [2.75, 3.05) is 11.4 Å². The van der Waals surface area contributed by atoms with Crippen molar-refractivity contribution < 1.29 is 18.4 Å². The van der Waals surface area contributed by atoms with E-state index in [1.54, 1.807) is 0 Å². The van der Waals surface area contributed by atoms with Crippen LogP contribution in [-0.2, 0) is 4.79 Å². The highest BCUT2D eigenvalue weighted by Crippen LogP contribution is 2.24. The average molecular weight is 268 g/mol. The Hall–Kier alpha value is -1.98. The predicted molar refractivity (Wildman–Crippen MR) is 65.6 cm³/mol. The first-order chi connectivity index (χ1) is 9.02. The summed E-state index contributed by atoms with van der Waals surface area (Å²) >= 11 is 0. The smallest absolute Gasteiger partial charge is 0.328 e. The second kappa shape index (κ2) is 5.34. The fourth-order valence-electron chi connectivity index (χ4n) is 2.03. The highest BCUT2D eigenvalue weighted by molar-refractivity contribution is 6.14. The van der Waals surface area contributed by atoms with E-state index in [0.29, 0.717) is 12.6 Å². The standard InChI is InChI=1S/C13H14F2N2O2/c1-2-8-5-12(18)17(13(19)16-7-8)11-4-3-9(14)6-10(11)15/h3-4,6,8H,2,5,7H2,1H3,(H,16,19). The number of hydrogen-bond donors (Lipinski definition) is 1. The van der Waals surface area contributed by atoms with Gasteiger partial charge in [-0.25, -0.2) is 18.5 Å². The molecule has 2 rings (SSSR count). The van der Waals surface area contributed by atoms with Gasteiger partial charge in [-0.2, -0.15) is 0 Å². The topological polar surface area (TPSA) is 49.4 Å². The van der Waals surface area contributed by atoms with Gasteiger partial charge in [-0.05, 0) is 18.1 Å². The van der Waals surface area contributed by atoms with Gasteiger partial charge < -0.3 is 5.32 Å². The number of anilines is 1. The number of nitrogens with one attached hydrogen (secondary N) is 1. The maximum absolute atomic E-state index is 13.7. The van der Waals surface area contributed by atoms with Gasteiger partial charge in [0.25, 0.3) is 0 Å². The van der Waals surface area contributed by atoms with Crippen molar-refractivity contribution in [2.24, 2.45) is 5.92 Å². The number of benzene rings is 1. The molecule has 19 heavy (non-hydrogen) atoms. The van der Waals surface area contributed by atoms with E-state index in [9.17, 15) is 18.4 Å². The number of carbonyl (C=O) groups is 2. The Kier molecular flexibility index (Phi) is 3.78. The van der Waals surface area contributed by atoms with Crippen molar-refractivity contribution in [1.82, 2.24) is 5.32 Å². The van der Waals surface area contributed by atoms with Gasteiger partial charge >= 0.3 is 6.03 Å². The Morgan fingerprint density at radius 1 is 1.37 bits per heavy atom. The van der Waals surface area contributed by atoms with Gasteiger partial charge in [0, 0.05) is 19.0 Å². The summed E-state index contributed by atoms with van der Waals surface area (Å²) in [5.74, 6) is -2.13. The normalized spacial score (nSPS) is 20.2. The lowest BCUT2D eigenvalue weighted by Gasteiger charge is -2.19. The molecule has 3 amide bonds. The maximum atomic E-state index is 13.7. The molecule has 1 aromatic carbocycles. The van der Waals surface area contributed by atoms with Crippen LogP contribution in [0.5, 0.6) is 0 Å². The molecule has 1 unspecified atom stereocenters. The summed E-state index contributed by atoms with van der Waals surface area (Å²) in [6, 6.07) is 2.08. The van der Waals surface area contributed by atoms with E-state index < -0.39 is 23.6 Å². The lowest BCUT2D eigenvalue weighted by atomic mass is 10.0. The highest BCUT2D eigenvalue weighted by atomic mass is 19.1. The number of amides is 3. The second-order valence-corrected chi connectivity index (χ2v) is 4.49.